The van der Waals surface area contributed by atoms with Crippen LogP contribution in [0.25, 0.3) is 16.9 Å². The first-order valence-electron chi connectivity index (χ1n) is 9.34. The van der Waals surface area contributed by atoms with Crippen molar-refractivity contribution in [3.8, 4) is 22.8 Å². The average Bonchev–Trinajstić information content (AvgIpc) is 3.16. The smallest absolute Gasteiger partial charge is 0.262 e. The molecule has 6 nitrogen and oxygen atoms in total. The second kappa shape index (κ2) is 8.24. The normalized spacial score (nSPS) is 10.8. The van der Waals surface area contributed by atoms with Gasteiger partial charge in [-0.25, -0.2) is 9.37 Å². The van der Waals surface area contributed by atoms with E-state index in [1.165, 1.54) is 31.4 Å². The fraction of sp³-hybridized carbons (Fsp3) is 0.130. The number of amides is 1. The van der Waals surface area contributed by atoms with Gasteiger partial charge >= 0.3 is 0 Å². The number of rotatable bonds is 6. The van der Waals surface area contributed by atoms with E-state index in [4.69, 9.17) is 9.47 Å². The zero-order valence-corrected chi connectivity index (χ0v) is 16.6. The van der Waals surface area contributed by atoms with E-state index in [9.17, 15) is 9.18 Å². The van der Waals surface area contributed by atoms with E-state index in [-0.39, 0.29) is 18.3 Å². The molecule has 0 saturated carbocycles. The third-order valence-corrected chi connectivity index (χ3v) is 4.57. The summed E-state index contributed by atoms with van der Waals surface area (Å²) in [4.78, 5) is 17.0. The molecule has 0 atom stereocenters. The molecule has 7 heteroatoms. The van der Waals surface area contributed by atoms with Crippen LogP contribution < -0.4 is 14.8 Å². The predicted molar refractivity (Wildman–Crippen MR) is 112 cm³/mol. The summed E-state index contributed by atoms with van der Waals surface area (Å²) >= 11 is 0. The number of imidazole rings is 1. The molecule has 4 rings (SSSR count). The fourth-order valence-corrected chi connectivity index (χ4v) is 3.05. The van der Waals surface area contributed by atoms with Crippen LogP contribution in [0.4, 0.5) is 10.1 Å². The van der Waals surface area contributed by atoms with Gasteiger partial charge in [0.05, 0.1) is 18.5 Å². The molecule has 2 aromatic carbocycles. The molecule has 30 heavy (non-hydrogen) atoms. The molecular formula is C23H20FN3O3. The molecule has 0 saturated heterocycles. The number of halogens is 1. The maximum Gasteiger partial charge on any atom is 0.262 e. The van der Waals surface area contributed by atoms with Crippen LogP contribution >= 0.6 is 0 Å². The summed E-state index contributed by atoms with van der Waals surface area (Å²) in [6.45, 7) is 1.80. The minimum atomic E-state index is -0.365. The first kappa shape index (κ1) is 19.4. The summed E-state index contributed by atoms with van der Waals surface area (Å²) < 4.78 is 25.7. The molecule has 1 N–H and O–H groups in total. The number of aromatic nitrogens is 2. The van der Waals surface area contributed by atoms with Gasteiger partial charge in [0.1, 0.15) is 23.0 Å². The van der Waals surface area contributed by atoms with Crippen LogP contribution in [0.1, 0.15) is 5.56 Å². The lowest BCUT2D eigenvalue weighted by Gasteiger charge is -2.12. The van der Waals surface area contributed by atoms with E-state index in [0.29, 0.717) is 17.2 Å². The van der Waals surface area contributed by atoms with Crippen molar-refractivity contribution in [2.24, 2.45) is 0 Å². The Hall–Kier alpha value is -3.87. The summed E-state index contributed by atoms with van der Waals surface area (Å²) in [5.74, 6) is 0.205. The van der Waals surface area contributed by atoms with Gasteiger partial charge in [-0.05, 0) is 67.1 Å². The Balaban J connectivity index is 1.53. The number of benzene rings is 2. The van der Waals surface area contributed by atoms with Crippen LogP contribution in [0.15, 0.2) is 67.0 Å². The Bertz CT molecular complexity index is 1200. The summed E-state index contributed by atoms with van der Waals surface area (Å²) in [6, 6.07) is 15.0. The van der Waals surface area contributed by atoms with Crippen LogP contribution in [0.5, 0.6) is 11.5 Å². The Morgan fingerprint density at radius 3 is 2.70 bits per heavy atom. The SMILES string of the molecule is COc1ccc(-c2cn3ccc(C)cc3n2)cc1NC(=O)COc1ccc(F)cc1. The lowest BCUT2D eigenvalue weighted by Crippen LogP contribution is -2.20. The number of nitrogens with one attached hydrogen (secondary N) is 1. The van der Waals surface area contributed by atoms with Crippen LogP contribution in [0.2, 0.25) is 0 Å². The lowest BCUT2D eigenvalue weighted by atomic mass is 10.1. The second-order valence-electron chi connectivity index (χ2n) is 6.80. The van der Waals surface area contributed by atoms with Crippen LogP contribution in [0.3, 0.4) is 0 Å². The molecule has 2 heterocycles. The highest BCUT2D eigenvalue weighted by molar-refractivity contribution is 5.94. The van der Waals surface area contributed by atoms with Crippen molar-refractivity contribution in [1.29, 1.82) is 0 Å². The van der Waals surface area contributed by atoms with Gasteiger partial charge in [0.2, 0.25) is 0 Å². The first-order chi connectivity index (χ1) is 14.5. The molecule has 0 unspecified atom stereocenters. The van der Waals surface area contributed by atoms with Crippen molar-refractivity contribution < 1.29 is 18.7 Å². The number of ether oxygens (including phenoxy) is 2. The Morgan fingerprint density at radius 1 is 1.13 bits per heavy atom. The minimum absolute atomic E-state index is 0.216. The largest absolute Gasteiger partial charge is 0.495 e. The van der Waals surface area contributed by atoms with E-state index in [2.05, 4.69) is 10.3 Å². The number of hydrogen-bond acceptors (Lipinski definition) is 4. The highest BCUT2D eigenvalue weighted by atomic mass is 19.1. The topological polar surface area (TPSA) is 64.9 Å². The van der Waals surface area contributed by atoms with Gasteiger partial charge in [-0.1, -0.05) is 0 Å². The molecule has 0 radical (unpaired) electrons. The van der Waals surface area contributed by atoms with Crippen molar-refractivity contribution in [1.82, 2.24) is 9.38 Å². The number of nitrogens with zero attached hydrogens (tertiary/aromatic N) is 2. The maximum absolute atomic E-state index is 13.0. The zero-order valence-electron chi connectivity index (χ0n) is 16.6. The van der Waals surface area contributed by atoms with Crippen molar-refractivity contribution in [2.45, 2.75) is 6.92 Å². The Labute approximate surface area is 172 Å². The van der Waals surface area contributed by atoms with Crippen LogP contribution in [0, 0.1) is 12.7 Å². The van der Waals surface area contributed by atoms with E-state index in [1.54, 1.807) is 6.07 Å². The molecule has 0 bridgehead atoms. The highest BCUT2D eigenvalue weighted by Crippen LogP contribution is 2.30. The molecule has 0 spiro atoms. The van der Waals surface area contributed by atoms with Gasteiger partial charge in [-0.2, -0.15) is 0 Å². The molecule has 4 aromatic rings. The quantitative estimate of drug-likeness (QED) is 0.514. The maximum atomic E-state index is 13.0. The number of carbonyl (C=O) groups excluding carboxylic acids is 1. The number of methoxy groups -OCH3 is 1. The van der Waals surface area contributed by atoms with Crippen molar-refractivity contribution >= 4 is 17.2 Å². The van der Waals surface area contributed by atoms with Crippen LogP contribution in [-0.2, 0) is 4.79 Å². The molecule has 0 fully saturated rings. The van der Waals surface area contributed by atoms with E-state index < -0.39 is 0 Å². The third-order valence-electron chi connectivity index (χ3n) is 4.57. The molecule has 0 aliphatic rings. The second-order valence-corrected chi connectivity index (χ2v) is 6.80. The lowest BCUT2D eigenvalue weighted by molar-refractivity contribution is -0.118. The standard InChI is InChI=1S/C23H20FN3O3/c1-15-9-10-27-13-20(25-22(27)11-15)16-3-8-21(29-2)19(12-16)26-23(28)14-30-18-6-4-17(24)5-7-18/h3-13H,14H2,1-2H3,(H,26,28). The van der Waals surface area contributed by atoms with Gasteiger partial charge in [0.15, 0.2) is 6.61 Å². The van der Waals surface area contributed by atoms with Gasteiger partial charge in [0.25, 0.3) is 5.91 Å². The number of pyridine rings is 1. The van der Waals surface area contributed by atoms with Gasteiger partial charge in [-0.3, -0.25) is 4.79 Å². The summed E-state index contributed by atoms with van der Waals surface area (Å²) in [7, 11) is 1.54. The Kier molecular flexibility index (Phi) is 5.34. The molecule has 1 amide bonds. The average molecular weight is 405 g/mol. The molecular weight excluding hydrogens is 385 g/mol. The van der Waals surface area contributed by atoms with Crippen molar-refractivity contribution in [2.75, 3.05) is 19.0 Å². The highest BCUT2D eigenvalue weighted by Gasteiger charge is 2.12. The monoisotopic (exact) mass is 405 g/mol. The van der Waals surface area contributed by atoms with E-state index >= 15 is 0 Å². The number of hydrogen-bond donors (Lipinski definition) is 1. The molecule has 152 valence electrons. The Morgan fingerprint density at radius 2 is 1.93 bits per heavy atom. The minimum Gasteiger partial charge on any atom is -0.495 e. The predicted octanol–water partition coefficient (Wildman–Crippen LogP) is 4.47. The van der Waals surface area contributed by atoms with Crippen molar-refractivity contribution in [3.63, 3.8) is 0 Å². The number of carbonyl (C=O) groups is 1. The van der Waals surface area contributed by atoms with Gasteiger partial charge in [0, 0.05) is 18.0 Å². The molecule has 0 aliphatic carbocycles. The molecule has 2 aromatic heterocycles. The zero-order chi connectivity index (χ0) is 21.1. The third kappa shape index (κ3) is 4.25. The first-order valence-corrected chi connectivity index (χ1v) is 9.34. The number of aryl methyl sites for hydroxylation is 1. The van der Waals surface area contributed by atoms with Gasteiger partial charge in [-0.15, -0.1) is 0 Å². The summed E-state index contributed by atoms with van der Waals surface area (Å²) in [6.07, 6.45) is 3.89. The fourth-order valence-electron chi connectivity index (χ4n) is 3.05. The van der Waals surface area contributed by atoms with Gasteiger partial charge < -0.3 is 19.2 Å². The number of anilines is 1. The van der Waals surface area contributed by atoms with E-state index in [0.717, 1.165) is 22.5 Å². The summed E-state index contributed by atoms with van der Waals surface area (Å²) in [5.41, 5.74) is 4.10. The molecule has 0 aliphatic heterocycles. The van der Waals surface area contributed by atoms with Crippen molar-refractivity contribution in [3.05, 3.63) is 78.4 Å². The number of fused-ring (bicyclic) bond motifs is 1. The summed E-state index contributed by atoms with van der Waals surface area (Å²) in [5, 5.41) is 2.80. The van der Waals surface area contributed by atoms with E-state index in [1.807, 2.05) is 48.0 Å². The van der Waals surface area contributed by atoms with Crippen LogP contribution in [-0.4, -0.2) is 29.0 Å².